The van der Waals surface area contributed by atoms with Gasteiger partial charge in [-0.3, -0.25) is 0 Å². The molecule has 98 valence electrons. The molecule has 1 aliphatic heterocycles. The minimum atomic E-state index is 0.166. The molecule has 2 fully saturated rings. The molecule has 17 heavy (non-hydrogen) atoms. The van der Waals surface area contributed by atoms with E-state index in [9.17, 15) is 4.79 Å². The third kappa shape index (κ3) is 4.19. The molecule has 0 aromatic heterocycles. The molecule has 1 saturated carbocycles. The van der Waals surface area contributed by atoms with E-state index in [2.05, 4.69) is 0 Å². The van der Waals surface area contributed by atoms with E-state index in [1.807, 2.05) is 11.9 Å². The van der Waals surface area contributed by atoms with E-state index >= 15 is 0 Å². The summed E-state index contributed by atoms with van der Waals surface area (Å²) >= 11 is 0. The first-order valence-electron chi connectivity index (χ1n) is 6.85. The molecule has 4 nitrogen and oxygen atoms in total. The molecule has 2 amide bonds. The molecule has 0 N–H and O–H groups in total. The Balaban J connectivity index is 1.59. The van der Waals surface area contributed by atoms with Crippen molar-refractivity contribution in [1.29, 1.82) is 0 Å². The Hall–Kier alpha value is -0.770. The number of rotatable bonds is 5. The highest BCUT2D eigenvalue weighted by atomic mass is 16.5. The van der Waals surface area contributed by atoms with Crippen molar-refractivity contribution in [2.75, 3.05) is 39.9 Å². The Morgan fingerprint density at radius 1 is 1.29 bits per heavy atom. The van der Waals surface area contributed by atoms with Gasteiger partial charge in [-0.2, -0.15) is 0 Å². The Morgan fingerprint density at radius 3 is 2.65 bits per heavy atom. The molecule has 2 aliphatic rings. The SMILES string of the molecule is CN(CCOCC1CC1)C(=O)N1CCCCC1. The number of nitrogens with zero attached hydrogens (tertiary/aromatic N) is 2. The van der Waals surface area contributed by atoms with Gasteiger partial charge in [0, 0.05) is 33.3 Å². The van der Waals surface area contributed by atoms with Gasteiger partial charge in [-0.1, -0.05) is 0 Å². The van der Waals surface area contributed by atoms with Crippen molar-refractivity contribution in [2.45, 2.75) is 32.1 Å². The highest BCUT2D eigenvalue weighted by molar-refractivity contribution is 5.74. The van der Waals surface area contributed by atoms with Gasteiger partial charge in [-0.05, 0) is 38.0 Å². The number of likely N-dealkylation sites (N-methyl/N-ethyl adjacent to an activating group) is 1. The largest absolute Gasteiger partial charge is 0.379 e. The number of carbonyl (C=O) groups excluding carboxylic acids is 1. The van der Waals surface area contributed by atoms with Gasteiger partial charge in [-0.25, -0.2) is 4.79 Å². The second-order valence-corrected chi connectivity index (χ2v) is 5.27. The third-order valence-electron chi connectivity index (χ3n) is 3.57. The van der Waals surface area contributed by atoms with Crippen LogP contribution in [0.3, 0.4) is 0 Å². The van der Waals surface area contributed by atoms with E-state index in [4.69, 9.17) is 4.74 Å². The number of ether oxygens (including phenoxy) is 1. The molecule has 1 aliphatic carbocycles. The lowest BCUT2D eigenvalue weighted by Gasteiger charge is -2.31. The van der Waals surface area contributed by atoms with Gasteiger partial charge in [0.1, 0.15) is 0 Å². The molecule has 1 heterocycles. The maximum atomic E-state index is 12.0. The van der Waals surface area contributed by atoms with Crippen LogP contribution < -0.4 is 0 Å². The van der Waals surface area contributed by atoms with Crippen LogP contribution in [0.4, 0.5) is 4.79 Å². The fraction of sp³-hybridized carbons (Fsp3) is 0.923. The Morgan fingerprint density at radius 2 is 2.00 bits per heavy atom. The van der Waals surface area contributed by atoms with Gasteiger partial charge in [0.25, 0.3) is 0 Å². The van der Waals surface area contributed by atoms with Crippen LogP contribution in [0.5, 0.6) is 0 Å². The van der Waals surface area contributed by atoms with Gasteiger partial charge in [0.05, 0.1) is 6.61 Å². The van der Waals surface area contributed by atoms with Crippen LogP contribution in [0.2, 0.25) is 0 Å². The summed E-state index contributed by atoms with van der Waals surface area (Å²) in [5.41, 5.74) is 0. The van der Waals surface area contributed by atoms with Gasteiger partial charge in [-0.15, -0.1) is 0 Å². The molecule has 0 unspecified atom stereocenters. The van der Waals surface area contributed by atoms with Crippen LogP contribution in [0, 0.1) is 5.92 Å². The fourth-order valence-corrected chi connectivity index (χ4v) is 2.16. The van der Waals surface area contributed by atoms with Gasteiger partial charge in [0.15, 0.2) is 0 Å². The van der Waals surface area contributed by atoms with Gasteiger partial charge < -0.3 is 14.5 Å². The topological polar surface area (TPSA) is 32.8 Å². The summed E-state index contributed by atoms with van der Waals surface area (Å²) < 4.78 is 5.55. The van der Waals surface area contributed by atoms with Crippen LogP contribution in [-0.2, 0) is 4.74 Å². The minimum Gasteiger partial charge on any atom is -0.379 e. The summed E-state index contributed by atoms with van der Waals surface area (Å²) in [7, 11) is 1.87. The zero-order valence-electron chi connectivity index (χ0n) is 10.9. The zero-order valence-corrected chi connectivity index (χ0v) is 10.9. The van der Waals surface area contributed by atoms with Gasteiger partial charge in [0.2, 0.25) is 0 Å². The molecular weight excluding hydrogens is 216 g/mol. The predicted octanol–water partition coefficient (Wildman–Crippen LogP) is 1.95. The first kappa shape index (κ1) is 12.7. The van der Waals surface area contributed by atoms with E-state index < -0.39 is 0 Å². The van der Waals surface area contributed by atoms with E-state index in [-0.39, 0.29) is 6.03 Å². The Labute approximate surface area is 104 Å². The number of carbonyl (C=O) groups is 1. The summed E-state index contributed by atoms with van der Waals surface area (Å²) in [5, 5.41) is 0. The summed E-state index contributed by atoms with van der Waals surface area (Å²) in [5.74, 6) is 0.804. The molecule has 0 atom stereocenters. The molecule has 0 spiro atoms. The Bertz CT molecular complexity index is 248. The third-order valence-corrected chi connectivity index (χ3v) is 3.57. The summed E-state index contributed by atoms with van der Waals surface area (Å²) in [6.07, 6.45) is 6.21. The van der Waals surface area contributed by atoms with Crippen molar-refractivity contribution in [3.8, 4) is 0 Å². The number of urea groups is 1. The molecule has 0 radical (unpaired) electrons. The first-order chi connectivity index (χ1) is 8.27. The fourth-order valence-electron chi connectivity index (χ4n) is 2.16. The molecule has 0 aromatic carbocycles. The first-order valence-corrected chi connectivity index (χ1v) is 6.85. The summed E-state index contributed by atoms with van der Waals surface area (Å²) in [6.45, 7) is 4.11. The molecular formula is C13H24N2O2. The lowest BCUT2D eigenvalue weighted by molar-refractivity contribution is 0.0976. The molecule has 4 heteroatoms. The lowest BCUT2D eigenvalue weighted by Crippen LogP contribution is -2.44. The number of hydrogen-bond acceptors (Lipinski definition) is 2. The van der Waals surface area contributed by atoms with E-state index in [0.29, 0.717) is 13.2 Å². The van der Waals surface area contributed by atoms with Crippen molar-refractivity contribution in [3.05, 3.63) is 0 Å². The standard InChI is InChI=1S/C13H24N2O2/c1-14(9-10-17-11-12-5-6-12)13(16)15-7-3-2-4-8-15/h12H,2-11H2,1H3. The average molecular weight is 240 g/mol. The Kier molecular flexibility index (Phi) is 4.66. The quantitative estimate of drug-likeness (QED) is 0.688. The monoisotopic (exact) mass is 240 g/mol. The number of hydrogen-bond donors (Lipinski definition) is 0. The van der Waals surface area contributed by atoms with Crippen molar-refractivity contribution >= 4 is 6.03 Å². The van der Waals surface area contributed by atoms with Gasteiger partial charge >= 0.3 is 6.03 Å². The number of amides is 2. The van der Waals surface area contributed by atoms with Crippen LogP contribution in [0.1, 0.15) is 32.1 Å². The summed E-state index contributed by atoms with van der Waals surface area (Å²) in [4.78, 5) is 15.8. The predicted molar refractivity (Wildman–Crippen MR) is 67.0 cm³/mol. The smallest absolute Gasteiger partial charge is 0.319 e. The van der Waals surface area contributed by atoms with Crippen LogP contribution in [0.15, 0.2) is 0 Å². The second kappa shape index (κ2) is 6.24. The maximum Gasteiger partial charge on any atom is 0.319 e. The lowest BCUT2D eigenvalue weighted by atomic mass is 10.1. The van der Waals surface area contributed by atoms with Crippen LogP contribution in [-0.4, -0.2) is 55.7 Å². The molecule has 0 bridgehead atoms. The van der Waals surface area contributed by atoms with Crippen molar-refractivity contribution in [2.24, 2.45) is 5.92 Å². The van der Waals surface area contributed by atoms with Crippen molar-refractivity contribution < 1.29 is 9.53 Å². The van der Waals surface area contributed by atoms with Crippen LogP contribution in [0.25, 0.3) is 0 Å². The van der Waals surface area contributed by atoms with E-state index in [1.165, 1.54) is 19.3 Å². The van der Waals surface area contributed by atoms with Crippen LogP contribution >= 0.6 is 0 Å². The summed E-state index contributed by atoms with van der Waals surface area (Å²) in [6, 6.07) is 0.166. The zero-order chi connectivity index (χ0) is 12.1. The maximum absolute atomic E-state index is 12.0. The molecule has 1 saturated heterocycles. The highest BCUT2D eigenvalue weighted by Crippen LogP contribution is 2.28. The minimum absolute atomic E-state index is 0.166. The molecule has 2 rings (SSSR count). The normalized spacial score (nSPS) is 20.4. The van der Waals surface area contributed by atoms with E-state index in [1.54, 1.807) is 4.90 Å². The second-order valence-electron chi connectivity index (χ2n) is 5.27. The van der Waals surface area contributed by atoms with Crippen molar-refractivity contribution in [1.82, 2.24) is 9.80 Å². The molecule has 0 aromatic rings. The number of piperidine rings is 1. The van der Waals surface area contributed by atoms with E-state index in [0.717, 1.165) is 38.5 Å². The number of likely N-dealkylation sites (tertiary alicyclic amines) is 1. The highest BCUT2D eigenvalue weighted by Gasteiger charge is 2.22. The average Bonchev–Trinajstić information content (AvgIpc) is 3.18. The van der Waals surface area contributed by atoms with Crippen molar-refractivity contribution in [3.63, 3.8) is 0 Å².